The highest BCUT2D eigenvalue weighted by Gasteiger charge is 2.22. The molecule has 0 aliphatic carbocycles. The Kier molecular flexibility index (Phi) is 6.76. The second kappa shape index (κ2) is 9.25. The molecule has 8 heteroatoms. The lowest BCUT2D eigenvalue weighted by molar-refractivity contribution is 0.0915. The highest BCUT2D eigenvalue weighted by atomic mass is 79.9. The van der Waals surface area contributed by atoms with Crippen molar-refractivity contribution in [2.75, 3.05) is 18.6 Å². The van der Waals surface area contributed by atoms with E-state index in [1.807, 2.05) is 59.6 Å². The minimum absolute atomic E-state index is 0.0937. The Balaban J connectivity index is 1.99. The summed E-state index contributed by atoms with van der Waals surface area (Å²) in [5.74, 6) is 1.26. The number of aliphatic hydroxyl groups excluding tert-OH is 1. The Morgan fingerprint density at radius 1 is 1.30 bits per heavy atom. The van der Waals surface area contributed by atoms with E-state index < -0.39 is 0 Å². The van der Waals surface area contributed by atoms with Crippen LogP contribution in [0.3, 0.4) is 0 Å². The first kappa shape index (κ1) is 19.7. The smallest absolute Gasteiger partial charge is 0.257 e. The molecule has 2 aromatic heterocycles. The number of benzene rings is 1. The molecule has 0 radical (unpaired) electrons. The van der Waals surface area contributed by atoms with Gasteiger partial charge in [0.15, 0.2) is 5.82 Å². The fraction of sp³-hybridized carbons (Fsp3) is 0.263. The predicted octanol–water partition coefficient (Wildman–Crippen LogP) is 3.27. The van der Waals surface area contributed by atoms with Crippen LogP contribution in [0.25, 0.3) is 11.5 Å². The van der Waals surface area contributed by atoms with Crippen molar-refractivity contribution in [1.82, 2.24) is 19.7 Å². The molecule has 0 spiro atoms. The van der Waals surface area contributed by atoms with Gasteiger partial charge in [-0.2, -0.15) is 16.9 Å². The average Bonchev–Trinajstić information content (AvgIpc) is 3.34. The number of rotatable bonds is 8. The molecule has 0 saturated carbocycles. The van der Waals surface area contributed by atoms with Crippen molar-refractivity contribution in [1.29, 1.82) is 0 Å². The van der Waals surface area contributed by atoms with Gasteiger partial charge in [-0.15, -0.1) is 0 Å². The maximum Gasteiger partial charge on any atom is 0.257 e. The summed E-state index contributed by atoms with van der Waals surface area (Å²) in [4.78, 5) is 12.9. The lowest BCUT2D eigenvalue weighted by atomic mass is 10.2. The largest absolute Gasteiger partial charge is 0.394 e. The number of hydrogen-bond acceptors (Lipinski definition) is 4. The van der Waals surface area contributed by atoms with E-state index in [1.54, 1.807) is 22.6 Å². The fourth-order valence-corrected chi connectivity index (χ4v) is 3.73. The van der Waals surface area contributed by atoms with Crippen LogP contribution < -0.4 is 5.32 Å². The van der Waals surface area contributed by atoms with Gasteiger partial charge in [-0.3, -0.25) is 4.79 Å². The molecule has 6 nitrogen and oxygen atoms in total. The van der Waals surface area contributed by atoms with E-state index in [4.69, 9.17) is 0 Å². The molecule has 1 unspecified atom stereocenters. The van der Waals surface area contributed by atoms with Crippen LogP contribution in [-0.4, -0.2) is 50.0 Å². The number of hydrogen-bond donors (Lipinski definition) is 2. The lowest BCUT2D eigenvalue weighted by Gasteiger charge is -2.16. The van der Waals surface area contributed by atoms with E-state index >= 15 is 0 Å². The zero-order valence-electron chi connectivity index (χ0n) is 14.9. The molecule has 1 aromatic carbocycles. The van der Waals surface area contributed by atoms with Gasteiger partial charge < -0.3 is 15.0 Å². The average molecular weight is 449 g/mol. The number of carbonyl (C=O) groups is 1. The number of aromatic nitrogens is 3. The molecule has 3 aromatic rings. The molecule has 0 aliphatic rings. The zero-order chi connectivity index (χ0) is 19.2. The number of nitrogens with one attached hydrogen (secondary N) is 1. The van der Waals surface area contributed by atoms with Crippen molar-refractivity contribution in [2.45, 2.75) is 12.5 Å². The molecular weight excluding hydrogens is 428 g/mol. The van der Waals surface area contributed by atoms with Gasteiger partial charge in [0.05, 0.1) is 24.5 Å². The van der Waals surface area contributed by atoms with E-state index in [0.29, 0.717) is 17.8 Å². The minimum Gasteiger partial charge on any atom is -0.394 e. The molecule has 142 valence electrons. The topological polar surface area (TPSA) is 72.1 Å². The number of para-hydroxylation sites is 1. The highest BCUT2D eigenvalue weighted by molar-refractivity contribution is 9.10. The number of thioether (sulfide) groups is 1. The summed E-state index contributed by atoms with van der Waals surface area (Å²) in [5.41, 5.74) is 1.28. The van der Waals surface area contributed by atoms with Crippen LogP contribution in [0, 0.1) is 0 Å². The Labute approximate surface area is 170 Å². The molecular formula is C19H21BrN4O2S. The summed E-state index contributed by atoms with van der Waals surface area (Å²) in [6.07, 6.45) is 8.02. The number of halogens is 1. The summed E-state index contributed by atoms with van der Waals surface area (Å²) in [7, 11) is 0. The van der Waals surface area contributed by atoms with Crippen molar-refractivity contribution in [3.63, 3.8) is 0 Å². The van der Waals surface area contributed by atoms with Crippen molar-refractivity contribution in [3.05, 3.63) is 65.0 Å². The summed E-state index contributed by atoms with van der Waals surface area (Å²) in [6, 6.07) is 11.2. The van der Waals surface area contributed by atoms with Crippen LogP contribution in [0.15, 0.2) is 59.5 Å². The van der Waals surface area contributed by atoms with Gasteiger partial charge in [0.25, 0.3) is 5.91 Å². The van der Waals surface area contributed by atoms with Crippen LogP contribution in [0.1, 0.15) is 16.8 Å². The first-order valence-electron chi connectivity index (χ1n) is 8.52. The lowest BCUT2D eigenvalue weighted by Crippen LogP contribution is -2.38. The molecule has 0 aliphatic heterocycles. The Hall–Kier alpha value is -2.03. The van der Waals surface area contributed by atoms with Gasteiger partial charge in [-0.25, -0.2) is 4.68 Å². The Morgan fingerprint density at radius 3 is 2.70 bits per heavy atom. The van der Waals surface area contributed by atoms with Gasteiger partial charge in [-0.05, 0) is 58.6 Å². The normalized spacial score (nSPS) is 12.1. The van der Waals surface area contributed by atoms with Crippen LogP contribution in [-0.2, 0) is 0 Å². The third kappa shape index (κ3) is 4.45. The van der Waals surface area contributed by atoms with E-state index in [9.17, 15) is 9.90 Å². The Bertz CT molecular complexity index is 895. The van der Waals surface area contributed by atoms with Gasteiger partial charge in [0, 0.05) is 16.9 Å². The molecule has 2 heterocycles. The molecule has 0 fully saturated rings. The van der Waals surface area contributed by atoms with Crippen LogP contribution in [0.2, 0.25) is 0 Å². The van der Waals surface area contributed by atoms with E-state index in [0.717, 1.165) is 15.9 Å². The fourth-order valence-electron chi connectivity index (χ4n) is 2.76. The van der Waals surface area contributed by atoms with Crippen LogP contribution >= 0.6 is 27.7 Å². The van der Waals surface area contributed by atoms with Gasteiger partial charge in [-0.1, -0.05) is 12.1 Å². The first-order chi connectivity index (χ1) is 13.2. The van der Waals surface area contributed by atoms with Gasteiger partial charge in [0.2, 0.25) is 0 Å². The zero-order valence-corrected chi connectivity index (χ0v) is 17.3. The van der Waals surface area contributed by atoms with Crippen molar-refractivity contribution in [3.8, 4) is 11.5 Å². The van der Waals surface area contributed by atoms with E-state index in [2.05, 4.69) is 26.3 Å². The number of nitrogens with zero attached hydrogens (tertiary/aromatic N) is 3. The number of aliphatic hydroxyl groups is 1. The summed E-state index contributed by atoms with van der Waals surface area (Å²) in [6.45, 7) is -0.0937. The molecule has 0 saturated heterocycles. The maximum absolute atomic E-state index is 12.9. The summed E-state index contributed by atoms with van der Waals surface area (Å²) >= 11 is 5.23. The molecule has 1 amide bonds. The predicted molar refractivity (Wildman–Crippen MR) is 112 cm³/mol. The van der Waals surface area contributed by atoms with Gasteiger partial charge in [0.1, 0.15) is 5.56 Å². The highest BCUT2D eigenvalue weighted by Crippen LogP contribution is 2.25. The minimum atomic E-state index is -0.283. The molecule has 2 N–H and O–H groups in total. The third-order valence-corrected chi connectivity index (χ3v) is 5.46. The standard InChI is InChI=1S/C19H21BrN4O2S/c1-27-11-8-14(13-25)22-18(26)15-12-21-24(17-7-3-2-6-16(17)20)19(15)23-9-4-5-10-23/h2-7,9-10,12,14,25H,8,11,13H2,1H3,(H,22,26). The van der Waals surface area contributed by atoms with E-state index in [-0.39, 0.29) is 18.6 Å². The first-order valence-corrected chi connectivity index (χ1v) is 10.7. The molecule has 27 heavy (non-hydrogen) atoms. The molecule has 0 bridgehead atoms. The second-order valence-corrected chi connectivity index (χ2v) is 7.81. The third-order valence-electron chi connectivity index (χ3n) is 4.14. The molecule has 3 rings (SSSR count). The monoisotopic (exact) mass is 448 g/mol. The van der Waals surface area contributed by atoms with Crippen molar-refractivity contribution < 1.29 is 9.90 Å². The summed E-state index contributed by atoms with van der Waals surface area (Å²) in [5, 5.41) is 16.9. The van der Waals surface area contributed by atoms with Gasteiger partial charge >= 0.3 is 0 Å². The maximum atomic E-state index is 12.9. The number of amides is 1. The Morgan fingerprint density at radius 2 is 2.04 bits per heavy atom. The SMILES string of the molecule is CSCCC(CO)NC(=O)c1cnn(-c2ccccc2Br)c1-n1cccc1. The van der Waals surface area contributed by atoms with Crippen molar-refractivity contribution >= 4 is 33.6 Å². The van der Waals surface area contributed by atoms with E-state index in [1.165, 1.54) is 0 Å². The molecule has 1 atom stereocenters. The summed E-state index contributed by atoms with van der Waals surface area (Å²) < 4.78 is 4.47. The second-order valence-electron chi connectivity index (χ2n) is 5.97. The number of carbonyl (C=O) groups excluding carboxylic acids is 1. The van der Waals surface area contributed by atoms with Crippen LogP contribution in [0.5, 0.6) is 0 Å². The quantitative estimate of drug-likeness (QED) is 0.554. The van der Waals surface area contributed by atoms with Crippen molar-refractivity contribution in [2.24, 2.45) is 0 Å². The van der Waals surface area contributed by atoms with Crippen LogP contribution in [0.4, 0.5) is 0 Å².